The number of rotatable bonds is 5. The van der Waals surface area contributed by atoms with Gasteiger partial charge in [-0.2, -0.15) is 0 Å². The largest absolute Gasteiger partial charge is 0.292 e. The second-order valence-electron chi connectivity index (χ2n) is 5.02. The normalized spacial score (nSPS) is 15.2. The molecule has 0 spiro atoms. The Kier molecular flexibility index (Phi) is 3.51. The third-order valence-electron chi connectivity index (χ3n) is 3.38. The Balaban J connectivity index is 2.24. The van der Waals surface area contributed by atoms with Crippen molar-refractivity contribution in [3.05, 3.63) is 71.3 Å². The first-order chi connectivity index (χ1) is 10.8. The zero-order valence-corrected chi connectivity index (χ0v) is 11.8. The number of benzene rings is 2. The lowest BCUT2D eigenvalue weighted by molar-refractivity contribution is 0.0862. The highest BCUT2D eigenvalue weighted by Crippen LogP contribution is 2.12. The van der Waals surface area contributed by atoms with Gasteiger partial charge in [-0.15, -0.1) is 0 Å². The van der Waals surface area contributed by atoms with Crippen molar-refractivity contribution in [2.45, 2.75) is 26.4 Å². The van der Waals surface area contributed by atoms with Crippen LogP contribution in [-0.2, 0) is 6.54 Å². The molecule has 20 heavy (non-hydrogen) atoms. The molecule has 0 amide bonds. The van der Waals surface area contributed by atoms with E-state index >= 15 is 0 Å². The highest BCUT2D eigenvalue weighted by Gasteiger charge is 2.19. The van der Waals surface area contributed by atoms with Crippen LogP contribution >= 0.6 is 0 Å². The van der Waals surface area contributed by atoms with Crippen molar-refractivity contribution >= 4 is 5.78 Å². The zero-order chi connectivity index (χ0) is 17.0. The van der Waals surface area contributed by atoms with Crippen LogP contribution < -0.4 is 0 Å². The van der Waals surface area contributed by atoms with Crippen molar-refractivity contribution in [3.63, 3.8) is 0 Å². The van der Waals surface area contributed by atoms with Crippen LogP contribution in [0, 0.1) is 6.92 Å². The average molecular weight is 270 g/mol. The summed E-state index contributed by atoms with van der Waals surface area (Å²) in [5, 5.41) is 0. The highest BCUT2D eigenvalue weighted by molar-refractivity contribution is 5.99. The minimum Gasteiger partial charge on any atom is -0.292 e. The number of aryl methyl sites for hydroxylation is 1. The second-order valence-corrected chi connectivity index (χ2v) is 5.02. The van der Waals surface area contributed by atoms with Crippen LogP contribution in [0.15, 0.2) is 54.6 Å². The number of nitrogens with zero attached hydrogens (tertiary/aromatic N) is 1. The number of hydrogen-bond donors (Lipinski definition) is 0. The smallest absolute Gasteiger partial charge is 0.179 e. The fraction of sp³-hybridized carbons (Fsp3) is 0.278. The van der Waals surface area contributed by atoms with Gasteiger partial charge >= 0.3 is 0 Å². The minimum absolute atomic E-state index is 0.183. The monoisotopic (exact) mass is 270 g/mol. The Morgan fingerprint density at radius 2 is 1.80 bits per heavy atom. The summed E-state index contributed by atoms with van der Waals surface area (Å²) in [4.78, 5) is 13.9. The number of likely N-dealkylation sites (N-methyl/N-ethyl adjacent to an activating group) is 1. The Hall–Kier alpha value is -1.93. The van der Waals surface area contributed by atoms with Gasteiger partial charge < -0.3 is 0 Å². The molecule has 2 nitrogen and oxygen atoms in total. The molecule has 1 unspecified atom stereocenters. The van der Waals surface area contributed by atoms with Crippen LogP contribution in [-0.4, -0.2) is 23.7 Å². The van der Waals surface area contributed by atoms with E-state index in [4.69, 9.17) is 4.11 Å². The molecule has 0 saturated heterocycles. The molecule has 0 bridgehead atoms. The first-order valence-corrected chi connectivity index (χ1v) is 6.70. The van der Waals surface area contributed by atoms with E-state index in [-0.39, 0.29) is 12.3 Å². The van der Waals surface area contributed by atoms with E-state index in [0.717, 1.165) is 11.1 Å². The lowest BCUT2D eigenvalue weighted by atomic mass is 10.0. The van der Waals surface area contributed by atoms with Gasteiger partial charge in [0.1, 0.15) is 0 Å². The summed E-state index contributed by atoms with van der Waals surface area (Å²) in [7, 11) is 0. The van der Waals surface area contributed by atoms with Crippen molar-refractivity contribution in [1.82, 2.24) is 4.90 Å². The van der Waals surface area contributed by atoms with Crippen LogP contribution in [0.25, 0.3) is 0 Å². The molecule has 0 aliphatic rings. The van der Waals surface area contributed by atoms with Gasteiger partial charge in [0.25, 0.3) is 0 Å². The number of Topliss-reactive ketones (excluding diaryl/α,β-unsaturated/α-hetero) is 1. The van der Waals surface area contributed by atoms with Crippen molar-refractivity contribution in [2.24, 2.45) is 0 Å². The Morgan fingerprint density at radius 1 is 1.15 bits per heavy atom. The number of carbonyl (C=O) groups excluding carboxylic acids is 1. The van der Waals surface area contributed by atoms with Crippen LogP contribution in [0.4, 0.5) is 0 Å². The zero-order valence-electron chi connectivity index (χ0n) is 14.8. The van der Waals surface area contributed by atoms with Gasteiger partial charge in [0.2, 0.25) is 0 Å². The van der Waals surface area contributed by atoms with E-state index < -0.39 is 13.0 Å². The van der Waals surface area contributed by atoms with E-state index in [0.29, 0.717) is 5.56 Å². The SMILES string of the molecule is [2H]C([2H])([2H])N(Cc1ccccc1)C(C)C(=O)c1ccc(C)cc1. The summed E-state index contributed by atoms with van der Waals surface area (Å²) < 4.78 is 23.3. The maximum absolute atomic E-state index is 12.6. The van der Waals surface area contributed by atoms with Crippen molar-refractivity contribution < 1.29 is 8.91 Å². The topological polar surface area (TPSA) is 20.3 Å². The van der Waals surface area contributed by atoms with Crippen LogP contribution in [0.5, 0.6) is 0 Å². The van der Waals surface area contributed by atoms with E-state index in [1.807, 2.05) is 49.4 Å². The predicted octanol–water partition coefficient (Wildman–Crippen LogP) is 3.70. The second kappa shape index (κ2) is 6.49. The Labute approximate surface area is 125 Å². The summed E-state index contributed by atoms with van der Waals surface area (Å²) in [5.74, 6) is -0.183. The van der Waals surface area contributed by atoms with Crippen LogP contribution in [0.2, 0.25) is 0 Å². The summed E-state index contributed by atoms with van der Waals surface area (Å²) in [6.07, 6.45) is 0. The lowest BCUT2D eigenvalue weighted by Gasteiger charge is -2.23. The molecule has 0 saturated carbocycles. The standard InChI is InChI=1S/C18H21NO/c1-14-9-11-17(12-10-14)18(20)15(2)19(3)13-16-7-5-4-6-8-16/h4-12,15H,13H2,1-3H3/i3D3. The highest BCUT2D eigenvalue weighted by atomic mass is 16.1. The van der Waals surface area contributed by atoms with Gasteiger partial charge in [0.15, 0.2) is 5.78 Å². The third kappa shape index (κ3) is 3.55. The van der Waals surface area contributed by atoms with Crippen molar-refractivity contribution in [3.8, 4) is 0 Å². The summed E-state index contributed by atoms with van der Waals surface area (Å²) in [6.45, 7) is 1.46. The average Bonchev–Trinajstić information content (AvgIpc) is 2.52. The quantitative estimate of drug-likeness (QED) is 0.772. The predicted molar refractivity (Wildman–Crippen MR) is 82.9 cm³/mol. The number of hydrogen-bond acceptors (Lipinski definition) is 2. The molecule has 2 heteroatoms. The Morgan fingerprint density at radius 3 is 2.40 bits per heavy atom. The van der Waals surface area contributed by atoms with Gasteiger partial charge in [-0.1, -0.05) is 60.2 Å². The van der Waals surface area contributed by atoms with Gasteiger partial charge in [0, 0.05) is 16.2 Å². The van der Waals surface area contributed by atoms with Crippen molar-refractivity contribution in [2.75, 3.05) is 6.98 Å². The Bertz CT molecular complexity index is 650. The lowest BCUT2D eigenvalue weighted by Crippen LogP contribution is -2.35. The third-order valence-corrected chi connectivity index (χ3v) is 3.38. The van der Waals surface area contributed by atoms with Crippen molar-refractivity contribution in [1.29, 1.82) is 0 Å². The maximum Gasteiger partial charge on any atom is 0.179 e. The van der Waals surface area contributed by atoms with E-state index in [1.165, 1.54) is 4.90 Å². The molecule has 104 valence electrons. The summed E-state index contributed by atoms with van der Waals surface area (Å²) >= 11 is 0. The molecule has 0 aliphatic heterocycles. The molecule has 0 fully saturated rings. The number of carbonyl (C=O) groups is 1. The van der Waals surface area contributed by atoms with E-state index in [9.17, 15) is 4.79 Å². The fourth-order valence-corrected chi connectivity index (χ4v) is 2.02. The molecule has 0 aliphatic carbocycles. The molecule has 0 N–H and O–H groups in total. The number of ketones is 1. The molecule has 2 aromatic rings. The molecule has 1 atom stereocenters. The fourth-order valence-electron chi connectivity index (χ4n) is 2.02. The first-order valence-electron chi connectivity index (χ1n) is 8.20. The molecular formula is C18H21NO. The van der Waals surface area contributed by atoms with Crippen LogP contribution in [0.3, 0.4) is 0 Å². The van der Waals surface area contributed by atoms with Gasteiger partial charge in [-0.05, 0) is 26.4 Å². The molecule has 0 radical (unpaired) electrons. The van der Waals surface area contributed by atoms with Gasteiger partial charge in [0.05, 0.1) is 6.04 Å². The van der Waals surface area contributed by atoms with Gasteiger partial charge in [-0.3, -0.25) is 9.69 Å². The van der Waals surface area contributed by atoms with Crippen LogP contribution in [0.1, 0.15) is 32.5 Å². The van der Waals surface area contributed by atoms with E-state index in [1.54, 1.807) is 19.1 Å². The summed E-state index contributed by atoms with van der Waals surface area (Å²) in [6, 6.07) is 15.8. The first kappa shape index (κ1) is 10.8. The summed E-state index contributed by atoms with van der Waals surface area (Å²) in [5.41, 5.74) is 2.46. The minimum atomic E-state index is -2.34. The maximum atomic E-state index is 12.6. The molecular weight excluding hydrogens is 246 g/mol. The molecule has 2 aromatic carbocycles. The molecule has 0 aromatic heterocycles. The molecule has 2 rings (SSSR count). The van der Waals surface area contributed by atoms with E-state index in [2.05, 4.69) is 0 Å². The van der Waals surface area contributed by atoms with Gasteiger partial charge in [-0.25, -0.2) is 0 Å². The molecule has 0 heterocycles.